The quantitative estimate of drug-likeness (QED) is 0.906. The predicted octanol–water partition coefficient (Wildman–Crippen LogP) is 2.32. The third-order valence-electron chi connectivity index (χ3n) is 4.91. The fraction of sp³-hybridized carbons (Fsp3) is 0.500. The maximum atomic E-state index is 12.9. The van der Waals surface area contributed by atoms with Crippen molar-refractivity contribution in [1.29, 1.82) is 0 Å². The largest absolute Gasteiger partial charge is 0.332 e. The van der Waals surface area contributed by atoms with E-state index in [1.807, 2.05) is 55.3 Å². The first kappa shape index (κ1) is 17.9. The number of fused-ring (bicyclic) bond motifs is 1. The minimum Gasteiger partial charge on any atom is -0.332 e. The average molecular weight is 359 g/mol. The lowest BCUT2D eigenvalue weighted by molar-refractivity contribution is -0.135. The summed E-state index contributed by atoms with van der Waals surface area (Å²) in [6, 6.07) is 9.57. The summed E-state index contributed by atoms with van der Waals surface area (Å²) in [4.78, 5) is 14.7. The number of carbonyl (C=O) groups is 1. The molecule has 0 spiro atoms. The Balaban J connectivity index is 1.86. The predicted molar refractivity (Wildman–Crippen MR) is 101 cm³/mol. The Morgan fingerprint density at radius 1 is 1.32 bits per heavy atom. The van der Waals surface area contributed by atoms with Crippen molar-refractivity contribution >= 4 is 17.7 Å². The van der Waals surface area contributed by atoms with Gasteiger partial charge in [-0.2, -0.15) is 11.8 Å². The molecular weight excluding hydrogens is 334 g/mol. The molecule has 3 rings (SSSR count). The highest BCUT2D eigenvalue weighted by Crippen LogP contribution is 2.30. The van der Waals surface area contributed by atoms with Crippen LogP contribution in [-0.2, 0) is 11.3 Å². The number of nitrogens with zero attached hydrogens (tertiary/aromatic N) is 4. The number of nitrogens with two attached hydrogens (primary N) is 1. The number of hydrogen-bond donors (Lipinski definition) is 1. The molecule has 134 valence electrons. The molecule has 0 bridgehead atoms. The second-order valence-corrected chi connectivity index (χ2v) is 8.49. The van der Waals surface area contributed by atoms with Crippen LogP contribution >= 0.6 is 11.8 Å². The van der Waals surface area contributed by atoms with Crippen molar-refractivity contribution in [3.63, 3.8) is 0 Å². The van der Waals surface area contributed by atoms with Gasteiger partial charge in [0.05, 0.1) is 18.6 Å². The molecule has 1 amide bonds. The standard InChI is InChI=1S/C18H25N5OS/c1-12-10-22(17(24)15(19)18(2,3)25-4)11-14-20-21-16(23(12)14)13-8-6-5-7-9-13/h5-9,12,15H,10-11,19H2,1-4H3/t12-,15+/m0/s1. The molecule has 0 fully saturated rings. The van der Waals surface area contributed by atoms with Crippen LogP contribution in [0.15, 0.2) is 30.3 Å². The van der Waals surface area contributed by atoms with E-state index in [9.17, 15) is 4.79 Å². The molecule has 25 heavy (non-hydrogen) atoms. The lowest BCUT2D eigenvalue weighted by atomic mass is 10.0. The van der Waals surface area contributed by atoms with Crippen molar-refractivity contribution in [3.05, 3.63) is 36.2 Å². The zero-order valence-corrected chi connectivity index (χ0v) is 16.0. The van der Waals surface area contributed by atoms with E-state index >= 15 is 0 Å². The number of aromatic nitrogens is 3. The molecule has 2 N–H and O–H groups in total. The van der Waals surface area contributed by atoms with E-state index in [0.29, 0.717) is 13.1 Å². The molecule has 0 unspecified atom stereocenters. The van der Waals surface area contributed by atoms with E-state index in [1.165, 1.54) is 0 Å². The SMILES string of the molecule is CSC(C)(C)[C@H](N)C(=O)N1Cc2nnc(-c3ccccc3)n2[C@@H](C)C1. The summed E-state index contributed by atoms with van der Waals surface area (Å²) in [5.41, 5.74) is 7.28. The molecule has 2 aromatic rings. The average Bonchev–Trinajstić information content (AvgIpc) is 3.05. The van der Waals surface area contributed by atoms with Crippen molar-refractivity contribution < 1.29 is 4.79 Å². The Labute approximate surface area is 152 Å². The van der Waals surface area contributed by atoms with Gasteiger partial charge in [-0.05, 0) is 27.0 Å². The van der Waals surface area contributed by atoms with Crippen molar-refractivity contribution in [2.45, 2.75) is 44.1 Å². The van der Waals surface area contributed by atoms with Gasteiger partial charge in [-0.25, -0.2) is 0 Å². The summed E-state index contributed by atoms with van der Waals surface area (Å²) in [5.74, 6) is 1.63. The van der Waals surface area contributed by atoms with Crippen LogP contribution in [0.4, 0.5) is 0 Å². The Hall–Kier alpha value is -1.86. The molecule has 1 aromatic carbocycles. The van der Waals surface area contributed by atoms with Crippen LogP contribution < -0.4 is 5.73 Å². The van der Waals surface area contributed by atoms with Crippen LogP contribution in [0.5, 0.6) is 0 Å². The van der Waals surface area contributed by atoms with Crippen LogP contribution in [0.3, 0.4) is 0 Å². The monoisotopic (exact) mass is 359 g/mol. The molecule has 0 saturated carbocycles. The highest BCUT2D eigenvalue weighted by Gasteiger charge is 2.37. The van der Waals surface area contributed by atoms with Gasteiger partial charge in [-0.15, -0.1) is 10.2 Å². The van der Waals surface area contributed by atoms with Crippen molar-refractivity contribution in [1.82, 2.24) is 19.7 Å². The number of amides is 1. The Bertz CT molecular complexity index is 758. The highest BCUT2D eigenvalue weighted by molar-refractivity contribution is 8.00. The van der Waals surface area contributed by atoms with E-state index in [1.54, 1.807) is 11.8 Å². The summed E-state index contributed by atoms with van der Waals surface area (Å²) in [6.45, 7) is 7.15. The normalized spacial score (nSPS) is 18.8. The minimum absolute atomic E-state index is 0.0262. The molecule has 6 nitrogen and oxygen atoms in total. The van der Waals surface area contributed by atoms with Crippen molar-refractivity contribution in [3.8, 4) is 11.4 Å². The second kappa shape index (κ2) is 6.80. The summed E-state index contributed by atoms with van der Waals surface area (Å²) in [5, 5.41) is 8.69. The van der Waals surface area contributed by atoms with Crippen molar-refractivity contribution in [2.75, 3.05) is 12.8 Å². The summed E-state index contributed by atoms with van der Waals surface area (Å²) in [7, 11) is 0. The zero-order valence-electron chi connectivity index (χ0n) is 15.1. The molecule has 1 aliphatic heterocycles. The topological polar surface area (TPSA) is 77.0 Å². The first-order valence-corrected chi connectivity index (χ1v) is 9.66. The smallest absolute Gasteiger partial charge is 0.241 e. The molecule has 1 aliphatic rings. The number of benzene rings is 1. The van der Waals surface area contributed by atoms with Crippen LogP contribution in [0.1, 0.15) is 32.6 Å². The summed E-state index contributed by atoms with van der Waals surface area (Å²) < 4.78 is 1.82. The minimum atomic E-state index is -0.544. The number of rotatable bonds is 4. The maximum Gasteiger partial charge on any atom is 0.241 e. The maximum absolute atomic E-state index is 12.9. The van der Waals surface area contributed by atoms with Gasteiger partial charge in [0.25, 0.3) is 0 Å². The highest BCUT2D eigenvalue weighted by atomic mass is 32.2. The molecule has 0 radical (unpaired) electrons. The Kier molecular flexibility index (Phi) is 4.88. The summed E-state index contributed by atoms with van der Waals surface area (Å²) >= 11 is 1.61. The van der Waals surface area contributed by atoms with Gasteiger partial charge in [0.1, 0.15) is 0 Å². The van der Waals surface area contributed by atoms with E-state index in [2.05, 4.69) is 21.7 Å². The van der Waals surface area contributed by atoms with Crippen LogP contribution in [-0.4, -0.2) is 49.2 Å². The lowest BCUT2D eigenvalue weighted by Crippen LogP contribution is -2.55. The molecular formula is C18H25N5OS. The molecule has 2 atom stereocenters. The van der Waals surface area contributed by atoms with Crippen LogP contribution in [0.25, 0.3) is 11.4 Å². The van der Waals surface area contributed by atoms with Gasteiger partial charge in [0.2, 0.25) is 5.91 Å². The van der Waals surface area contributed by atoms with Gasteiger partial charge in [-0.3, -0.25) is 4.79 Å². The number of thioether (sulfide) groups is 1. The molecule has 0 saturated heterocycles. The fourth-order valence-corrected chi connectivity index (χ4v) is 3.46. The van der Waals surface area contributed by atoms with E-state index in [4.69, 9.17) is 5.73 Å². The number of hydrogen-bond acceptors (Lipinski definition) is 5. The number of carbonyl (C=O) groups excluding carboxylic acids is 1. The fourth-order valence-electron chi connectivity index (χ4n) is 3.10. The van der Waals surface area contributed by atoms with Gasteiger partial charge < -0.3 is 15.2 Å². The molecule has 1 aromatic heterocycles. The van der Waals surface area contributed by atoms with Crippen LogP contribution in [0, 0.1) is 0 Å². The third kappa shape index (κ3) is 3.30. The zero-order chi connectivity index (χ0) is 18.2. The van der Waals surface area contributed by atoms with Crippen molar-refractivity contribution in [2.24, 2.45) is 5.73 Å². The summed E-state index contributed by atoms with van der Waals surface area (Å²) in [6.07, 6.45) is 1.98. The molecule has 0 aliphatic carbocycles. The Morgan fingerprint density at radius 2 is 2.00 bits per heavy atom. The van der Waals surface area contributed by atoms with Crippen LogP contribution in [0.2, 0.25) is 0 Å². The Morgan fingerprint density at radius 3 is 2.64 bits per heavy atom. The lowest BCUT2D eigenvalue weighted by Gasteiger charge is -2.37. The first-order chi connectivity index (χ1) is 11.8. The van der Waals surface area contributed by atoms with Gasteiger partial charge in [0.15, 0.2) is 11.6 Å². The first-order valence-electron chi connectivity index (χ1n) is 8.44. The van der Waals surface area contributed by atoms with E-state index in [0.717, 1.165) is 17.2 Å². The van der Waals surface area contributed by atoms with Gasteiger partial charge >= 0.3 is 0 Å². The third-order valence-corrected chi connectivity index (χ3v) is 6.22. The van der Waals surface area contributed by atoms with Gasteiger partial charge in [-0.1, -0.05) is 30.3 Å². The second-order valence-electron chi connectivity index (χ2n) is 7.03. The molecule has 2 heterocycles. The molecule has 7 heteroatoms. The van der Waals surface area contributed by atoms with Gasteiger partial charge in [0, 0.05) is 16.9 Å². The van der Waals surface area contributed by atoms with E-state index < -0.39 is 6.04 Å². The van der Waals surface area contributed by atoms with E-state index in [-0.39, 0.29) is 16.7 Å².